The van der Waals surface area contributed by atoms with E-state index in [0.29, 0.717) is 17.9 Å². The third kappa shape index (κ3) is 3.71. The molecule has 1 amide bonds. The van der Waals surface area contributed by atoms with Gasteiger partial charge in [-0.2, -0.15) is 0 Å². The summed E-state index contributed by atoms with van der Waals surface area (Å²) >= 11 is 1.66. The zero-order chi connectivity index (χ0) is 16.1. The van der Waals surface area contributed by atoms with Gasteiger partial charge in [0, 0.05) is 37.8 Å². The van der Waals surface area contributed by atoms with E-state index in [9.17, 15) is 4.79 Å². The topological polar surface area (TPSA) is 54.5 Å². The minimum atomic E-state index is -0.0493. The number of likely N-dealkylation sites (tertiary alicyclic amines) is 1. The van der Waals surface area contributed by atoms with Crippen molar-refractivity contribution in [2.24, 2.45) is 0 Å². The van der Waals surface area contributed by atoms with Crippen LogP contribution < -0.4 is 5.32 Å². The van der Waals surface area contributed by atoms with Gasteiger partial charge in [0.05, 0.1) is 5.56 Å². The van der Waals surface area contributed by atoms with Crippen LogP contribution in [0.4, 0.5) is 5.82 Å². The second kappa shape index (κ2) is 7.57. The van der Waals surface area contributed by atoms with E-state index in [1.54, 1.807) is 24.6 Å². The van der Waals surface area contributed by atoms with E-state index in [4.69, 9.17) is 4.74 Å². The van der Waals surface area contributed by atoms with E-state index in [0.717, 1.165) is 30.8 Å². The van der Waals surface area contributed by atoms with Crippen LogP contribution in [0.15, 0.2) is 35.8 Å². The predicted molar refractivity (Wildman–Crippen MR) is 91.9 cm³/mol. The van der Waals surface area contributed by atoms with Gasteiger partial charge in [-0.1, -0.05) is 6.07 Å². The highest BCUT2D eigenvalue weighted by atomic mass is 32.1. The Morgan fingerprint density at radius 3 is 2.91 bits per heavy atom. The van der Waals surface area contributed by atoms with Gasteiger partial charge in [0.25, 0.3) is 5.91 Å². The summed E-state index contributed by atoms with van der Waals surface area (Å²) in [5.74, 6) is 0.686. The highest BCUT2D eigenvalue weighted by Crippen LogP contribution is 2.23. The van der Waals surface area contributed by atoms with Crippen molar-refractivity contribution in [1.82, 2.24) is 9.88 Å². The molecule has 0 aromatic carbocycles. The molecule has 0 radical (unpaired) electrons. The summed E-state index contributed by atoms with van der Waals surface area (Å²) in [6, 6.07) is 7.70. The number of methoxy groups -OCH3 is 1. The van der Waals surface area contributed by atoms with Gasteiger partial charge in [-0.3, -0.25) is 4.79 Å². The third-order valence-corrected chi connectivity index (χ3v) is 5.00. The maximum Gasteiger partial charge on any atom is 0.257 e. The number of carbonyl (C=O) groups excluding carboxylic acids is 1. The number of amides is 1. The van der Waals surface area contributed by atoms with Crippen molar-refractivity contribution in [1.29, 1.82) is 0 Å². The molecule has 0 spiro atoms. The molecule has 0 saturated carbocycles. The lowest BCUT2D eigenvalue weighted by atomic mass is 10.2. The number of thiophene rings is 1. The number of rotatable bonds is 6. The van der Waals surface area contributed by atoms with Crippen LogP contribution in [0.1, 0.15) is 34.2 Å². The Kier molecular flexibility index (Phi) is 5.25. The van der Waals surface area contributed by atoms with Crippen LogP contribution >= 0.6 is 11.3 Å². The lowest BCUT2D eigenvalue weighted by Crippen LogP contribution is -2.29. The monoisotopic (exact) mass is 331 g/mol. The van der Waals surface area contributed by atoms with Gasteiger partial charge in [-0.15, -0.1) is 11.3 Å². The lowest BCUT2D eigenvalue weighted by molar-refractivity contribution is 0.0793. The molecule has 3 rings (SSSR count). The number of nitrogens with one attached hydrogen (secondary N) is 1. The normalized spacial score (nSPS) is 15.6. The van der Waals surface area contributed by atoms with Crippen LogP contribution in [-0.2, 0) is 4.74 Å². The first-order valence-corrected chi connectivity index (χ1v) is 8.72. The average Bonchev–Trinajstić information content (AvgIpc) is 3.29. The molecule has 1 atom stereocenters. The molecular formula is C17H21N3O2S. The van der Waals surface area contributed by atoms with Crippen LogP contribution in [0.2, 0.25) is 0 Å². The maximum absolute atomic E-state index is 12.6. The zero-order valence-electron chi connectivity index (χ0n) is 13.2. The molecule has 1 aliphatic rings. The van der Waals surface area contributed by atoms with Crippen LogP contribution in [0.3, 0.4) is 0 Å². The van der Waals surface area contributed by atoms with Gasteiger partial charge >= 0.3 is 0 Å². The van der Waals surface area contributed by atoms with Crippen molar-refractivity contribution >= 4 is 23.1 Å². The summed E-state index contributed by atoms with van der Waals surface area (Å²) in [6.07, 6.45) is 3.82. The van der Waals surface area contributed by atoms with Crippen molar-refractivity contribution in [3.63, 3.8) is 0 Å². The van der Waals surface area contributed by atoms with Crippen molar-refractivity contribution in [2.45, 2.75) is 18.9 Å². The third-order valence-electron chi connectivity index (χ3n) is 4.03. The van der Waals surface area contributed by atoms with E-state index in [1.807, 2.05) is 28.5 Å². The first-order chi connectivity index (χ1) is 11.3. The SMILES string of the molecule is COC(CNc1ncccc1C(=O)N1CCCC1)c1cccs1. The van der Waals surface area contributed by atoms with Gasteiger partial charge in [0.2, 0.25) is 0 Å². The largest absolute Gasteiger partial charge is 0.374 e. The summed E-state index contributed by atoms with van der Waals surface area (Å²) in [7, 11) is 1.70. The zero-order valence-corrected chi connectivity index (χ0v) is 14.0. The first kappa shape index (κ1) is 16.0. The molecule has 0 aliphatic carbocycles. The number of hydrogen-bond acceptors (Lipinski definition) is 5. The van der Waals surface area contributed by atoms with Gasteiger partial charge in [-0.25, -0.2) is 4.98 Å². The Bertz CT molecular complexity index is 639. The highest BCUT2D eigenvalue weighted by Gasteiger charge is 2.22. The Balaban J connectivity index is 1.71. The second-order valence-electron chi connectivity index (χ2n) is 5.52. The van der Waals surface area contributed by atoms with Gasteiger partial charge < -0.3 is 15.0 Å². The second-order valence-corrected chi connectivity index (χ2v) is 6.50. The van der Waals surface area contributed by atoms with Crippen molar-refractivity contribution in [3.8, 4) is 0 Å². The lowest BCUT2D eigenvalue weighted by Gasteiger charge is -2.19. The Labute approximate surface area is 140 Å². The van der Waals surface area contributed by atoms with Crippen LogP contribution in [-0.4, -0.2) is 42.5 Å². The fraction of sp³-hybridized carbons (Fsp3) is 0.412. The first-order valence-electron chi connectivity index (χ1n) is 7.84. The van der Waals surface area contributed by atoms with Gasteiger partial charge in [0.1, 0.15) is 11.9 Å². The number of anilines is 1. The fourth-order valence-electron chi connectivity index (χ4n) is 2.77. The molecule has 1 aliphatic heterocycles. The van der Waals surface area contributed by atoms with Crippen LogP contribution in [0.25, 0.3) is 0 Å². The maximum atomic E-state index is 12.6. The minimum Gasteiger partial charge on any atom is -0.374 e. The van der Waals surface area contributed by atoms with Gasteiger partial charge in [-0.05, 0) is 36.4 Å². The fourth-order valence-corrected chi connectivity index (χ4v) is 3.58. The Morgan fingerprint density at radius 1 is 1.39 bits per heavy atom. The molecule has 1 unspecified atom stereocenters. The van der Waals surface area contributed by atoms with E-state index in [2.05, 4.69) is 16.4 Å². The molecule has 0 bridgehead atoms. The van der Waals surface area contributed by atoms with Crippen molar-refractivity contribution in [2.75, 3.05) is 32.1 Å². The van der Waals surface area contributed by atoms with E-state index in [-0.39, 0.29) is 12.0 Å². The number of carbonyl (C=O) groups is 1. The summed E-state index contributed by atoms with van der Waals surface area (Å²) in [6.45, 7) is 2.25. The summed E-state index contributed by atoms with van der Waals surface area (Å²) in [5, 5.41) is 5.31. The molecule has 122 valence electrons. The van der Waals surface area contributed by atoms with Crippen molar-refractivity contribution < 1.29 is 9.53 Å². The number of aromatic nitrogens is 1. The molecule has 2 aromatic heterocycles. The summed E-state index contributed by atoms with van der Waals surface area (Å²) < 4.78 is 5.54. The van der Waals surface area contributed by atoms with Crippen LogP contribution in [0, 0.1) is 0 Å². The van der Waals surface area contributed by atoms with E-state index in [1.165, 1.54) is 0 Å². The minimum absolute atomic E-state index is 0.0493. The van der Waals surface area contributed by atoms with Gasteiger partial charge in [0.15, 0.2) is 0 Å². The Morgan fingerprint density at radius 2 is 2.22 bits per heavy atom. The number of nitrogens with zero attached hydrogens (tertiary/aromatic N) is 2. The average molecular weight is 331 g/mol. The smallest absolute Gasteiger partial charge is 0.257 e. The summed E-state index contributed by atoms with van der Waals surface area (Å²) in [5.41, 5.74) is 0.635. The van der Waals surface area contributed by atoms with Crippen molar-refractivity contribution in [3.05, 3.63) is 46.3 Å². The van der Waals surface area contributed by atoms with E-state index >= 15 is 0 Å². The quantitative estimate of drug-likeness (QED) is 0.883. The Hall–Kier alpha value is -1.92. The molecular weight excluding hydrogens is 310 g/mol. The summed E-state index contributed by atoms with van der Waals surface area (Å²) in [4.78, 5) is 20.0. The molecule has 5 nitrogen and oxygen atoms in total. The molecule has 1 N–H and O–H groups in total. The molecule has 6 heteroatoms. The molecule has 1 fully saturated rings. The molecule has 1 saturated heterocycles. The molecule has 23 heavy (non-hydrogen) atoms. The number of ether oxygens (including phenoxy) is 1. The number of pyridine rings is 1. The number of hydrogen-bond donors (Lipinski definition) is 1. The predicted octanol–water partition coefficient (Wildman–Crippen LogP) is 3.18. The molecule has 2 aromatic rings. The highest BCUT2D eigenvalue weighted by molar-refractivity contribution is 7.10. The standard InChI is InChI=1S/C17H21N3O2S/c1-22-14(15-7-5-11-23-15)12-19-16-13(6-4-8-18-16)17(21)20-9-2-3-10-20/h4-8,11,14H,2-3,9-10,12H2,1H3,(H,18,19). The molecule has 3 heterocycles. The van der Waals surface area contributed by atoms with Crippen LogP contribution in [0.5, 0.6) is 0 Å². The van der Waals surface area contributed by atoms with E-state index < -0.39 is 0 Å².